The maximum Gasteiger partial charge on any atom is 0.168 e. The zero-order valence-corrected chi connectivity index (χ0v) is 17.3. The Hall–Kier alpha value is -0.300. The van der Waals surface area contributed by atoms with Gasteiger partial charge in [0, 0.05) is 23.9 Å². The molecule has 0 amide bonds. The fraction of sp³-hybridized carbons (Fsp3) is 0.588. The zero-order valence-electron chi connectivity index (χ0n) is 14.2. The molecule has 1 aromatic carbocycles. The average Bonchev–Trinajstić information content (AvgIpc) is 3.03. The first-order valence-electron chi connectivity index (χ1n) is 8.07. The molecule has 3 rings (SSSR count). The van der Waals surface area contributed by atoms with E-state index in [1.807, 2.05) is 6.26 Å². The van der Waals surface area contributed by atoms with E-state index in [9.17, 15) is 0 Å². The first-order chi connectivity index (χ1) is 11.4. The molecule has 1 aliphatic heterocycles. The van der Waals surface area contributed by atoms with E-state index >= 15 is 4.39 Å². The standard InChI is InChI=1S/C17H22BrClFN3S/c1-22(2)17(6-4-5-7-17)10-23-15-11(9-21-16(23)24-3)8-12(19)13(18)14(15)20/h8-9,16H,4-7,10H2,1-3H3. The number of anilines is 1. The number of rotatable bonds is 4. The van der Waals surface area contributed by atoms with Gasteiger partial charge in [-0.3, -0.25) is 4.99 Å². The Morgan fingerprint density at radius 1 is 1.46 bits per heavy atom. The Bertz CT molecular complexity index is 662. The molecule has 1 saturated carbocycles. The maximum absolute atomic E-state index is 15.0. The topological polar surface area (TPSA) is 18.8 Å². The highest BCUT2D eigenvalue weighted by molar-refractivity contribution is 9.10. The molecule has 1 unspecified atom stereocenters. The van der Waals surface area contributed by atoms with Crippen LogP contribution in [-0.4, -0.2) is 49.0 Å². The van der Waals surface area contributed by atoms with Crippen LogP contribution in [0.2, 0.25) is 5.02 Å². The Labute approximate surface area is 160 Å². The van der Waals surface area contributed by atoms with Gasteiger partial charge < -0.3 is 9.80 Å². The summed E-state index contributed by atoms with van der Waals surface area (Å²) in [5.74, 6) is -0.297. The largest absolute Gasteiger partial charge is 0.336 e. The number of fused-ring (bicyclic) bond motifs is 1. The number of likely N-dealkylation sites (N-methyl/N-ethyl adjacent to an activating group) is 1. The van der Waals surface area contributed by atoms with Crippen molar-refractivity contribution < 1.29 is 4.39 Å². The van der Waals surface area contributed by atoms with Crippen molar-refractivity contribution in [3.05, 3.63) is 26.9 Å². The van der Waals surface area contributed by atoms with Crippen molar-refractivity contribution in [1.29, 1.82) is 0 Å². The second-order valence-corrected chi connectivity index (χ2v) is 8.81. The van der Waals surface area contributed by atoms with Gasteiger partial charge in [0.1, 0.15) is 0 Å². The summed E-state index contributed by atoms with van der Waals surface area (Å²) in [6.45, 7) is 0.765. The molecule has 0 saturated heterocycles. The van der Waals surface area contributed by atoms with Gasteiger partial charge >= 0.3 is 0 Å². The van der Waals surface area contributed by atoms with E-state index in [1.165, 1.54) is 12.8 Å². The van der Waals surface area contributed by atoms with Crippen molar-refractivity contribution in [2.75, 3.05) is 31.8 Å². The molecule has 1 fully saturated rings. The van der Waals surface area contributed by atoms with Crippen LogP contribution in [0, 0.1) is 5.82 Å². The van der Waals surface area contributed by atoms with Crippen LogP contribution in [0.15, 0.2) is 15.5 Å². The minimum atomic E-state index is -0.297. The Morgan fingerprint density at radius 3 is 2.71 bits per heavy atom. The number of hydrogen-bond acceptors (Lipinski definition) is 4. The number of nitrogens with zero attached hydrogens (tertiary/aromatic N) is 3. The van der Waals surface area contributed by atoms with Crippen LogP contribution in [0.25, 0.3) is 0 Å². The molecule has 0 spiro atoms. The first-order valence-corrected chi connectivity index (χ1v) is 10.5. The molecule has 0 bridgehead atoms. The average molecular weight is 435 g/mol. The number of thioether (sulfide) groups is 1. The van der Waals surface area contributed by atoms with E-state index in [0.717, 1.165) is 24.9 Å². The quantitative estimate of drug-likeness (QED) is 0.621. The summed E-state index contributed by atoms with van der Waals surface area (Å²) >= 11 is 11.0. The van der Waals surface area contributed by atoms with Crippen LogP contribution >= 0.6 is 39.3 Å². The summed E-state index contributed by atoms with van der Waals surface area (Å²) < 4.78 is 15.4. The molecule has 24 heavy (non-hydrogen) atoms. The molecule has 132 valence electrons. The number of halogens is 3. The number of benzene rings is 1. The summed E-state index contributed by atoms with van der Waals surface area (Å²) in [6.07, 6.45) is 8.46. The van der Waals surface area contributed by atoms with E-state index < -0.39 is 0 Å². The summed E-state index contributed by atoms with van der Waals surface area (Å²) in [5, 5.41) is 0.378. The fourth-order valence-corrected chi connectivity index (χ4v) is 4.89. The van der Waals surface area contributed by atoms with Gasteiger partial charge in [-0.2, -0.15) is 0 Å². The lowest BCUT2D eigenvalue weighted by atomic mass is 9.94. The van der Waals surface area contributed by atoms with E-state index in [4.69, 9.17) is 11.6 Å². The Morgan fingerprint density at radius 2 is 2.12 bits per heavy atom. The highest BCUT2D eigenvalue weighted by Gasteiger charge is 2.41. The van der Waals surface area contributed by atoms with Crippen molar-refractivity contribution in [1.82, 2.24) is 4.90 Å². The molecule has 0 radical (unpaired) electrons. The van der Waals surface area contributed by atoms with Crippen molar-refractivity contribution in [3.63, 3.8) is 0 Å². The van der Waals surface area contributed by atoms with Crippen LogP contribution < -0.4 is 4.90 Å². The van der Waals surface area contributed by atoms with Crippen molar-refractivity contribution in [2.45, 2.75) is 36.7 Å². The van der Waals surface area contributed by atoms with Crippen LogP contribution in [0.3, 0.4) is 0 Å². The van der Waals surface area contributed by atoms with E-state index in [0.29, 0.717) is 15.2 Å². The molecule has 1 aromatic rings. The lowest BCUT2D eigenvalue weighted by molar-refractivity contribution is 0.162. The van der Waals surface area contributed by atoms with Gasteiger partial charge in [-0.1, -0.05) is 24.4 Å². The molecule has 3 nitrogen and oxygen atoms in total. The lowest BCUT2D eigenvalue weighted by Crippen LogP contribution is -2.53. The van der Waals surface area contributed by atoms with Crippen molar-refractivity contribution in [3.8, 4) is 0 Å². The number of hydrogen-bond donors (Lipinski definition) is 0. The minimum Gasteiger partial charge on any atom is -0.336 e. The van der Waals surface area contributed by atoms with Gasteiger partial charge in [-0.15, -0.1) is 11.8 Å². The van der Waals surface area contributed by atoms with Gasteiger partial charge in [0.25, 0.3) is 0 Å². The van der Waals surface area contributed by atoms with Crippen LogP contribution in [0.4, 0.5) is 10.1 Å². The highest BCUT2D eigenvalue weighted by atomic mass is 79.9. The summed E-state index contributed by atoms with van der Waals surface area (Å²) in [6, 6.07) is 1.79. The lowest BCUT2D eigenvalue weighted by Gasteiger charge is -2.44. The third-order valence-electron chi connectivity index (χ3n) is 5.22. The van der Waals surface area contributed by atoms with Gasteiger partial charge in [-0.25, -0.2) is 4.39 Å². The van der Waals surface area contributed by atoms with E-state index in [2.05, 4.69) is 44.8 Å². The first kappa shape index (κ1) is 18.5. The molecule has 1 heterocycles. The molecule has 2 aliphatic rings. The van der Waals surface area contributed by atoms with Crippen LogP contribution in [0.1, 0.15) is 31.2 Å². The molecule has 1 aliphatic carbocycles. The predicted octanol–water partition coefficient (Wildman–Crippen LogP) is 5.00. The van der Waals surface area contributed by atoms with Crippen molar-refractivity contribution in [2.24, 2.45) is 4.99 Å². The monoisotopic (exact) mass is 433 g/mol. The molecular formula is C17H22BrClFN3S. The molecule has 0 N–H and O–H groups in total. The van der Waals surface area contributed by atoms with E-state index in [-0.39, 0.29) is 16.9 Å². The second-order valence-electron chi connectivity index (χ2n) is 6.72. The maximum atomic E-state index is 15.0. The summed E-state index contributed by atoms with van der Waals surface area (Å²) in [4.78, 5) is 9.04. The second kappa shape index (κ2) is 7.14. The third kappa shape index (κ3) is 3.11. The van der Waals surface area contributed by atoms with Crippen molar-refractivity contribution >= 4 is 51.2 Å². The molecule has 7 heteroatoms. The molecule has 1 atom stereocenters. The molecule has 0 aromatic heterocycles. The Balaban J connectivity index is 2.06. The Kier molecular flexibility index (Phi) is 5.50. The van der Waals surface area contributed by atoms with Gasteiger partial charge in [0.05, 0.1) is 15.2 Å². The fourth-order valence-electron chi connectivity index (χ4n) is 3.77. The van der Waals surface area contributed by atoms with E-state index in [1.54, 1.807) is 24.0 Å². The molecular weight excluding hydrogens is 413 g/mol. The van der Waals surface area contributed by atoms with Gasteiger partial charge in [-0.05, 0) is 55.2 Å². The minimum absolute atomic E-state index is 0.0661. The number of aliphatic imine (C=N–C) groups is 1. The predicted molar refractivity (Wildman–Crippen MR) is 106 cm³/mol. The van der Waals surface area contributed by atoms with Crippen LogP contribution in [0.5, 0.6) is 0 Å². The third-order valence-corrected chi connectivity index (χ3v) is 7.32. The van der Waals surface area contributed by atoms with Gasteiger partial charge in [0.15, 0.2) is 11.3 Å². The van der Waals surface area contributed by atoms with Crippen LogP contribution in [-0.2, 0) is 0 Å². The zero-order chi connectivity index (χ0) is 17.5. The summed E-state index contributed by atoms with van der Waals surface area (Å²) in [7, 11) is 4.25. The highest BCUT2D eigenvalue weighted by Crippen LogP contribution is 2.42. The smallest absolute Gasteiger partial charge is 0.168 e. The van der Waals surface area contributed by atoms with Gasteiger partial charge in [0.2, 0.25) is 0 Å². The SMILES string of the molecule is CSC1N=Cc2cc(Cl)c(Br)c(F)c2N1CC1(N(C)C)CCCC1. The normalized spacial score (nSPS) is 22.3. The summed E-state index contributed by atoms with van der Waals surface area (Å²) in [5.41, 5.74) is 1.31.